The summed E-state index contributed by atoms with van der Waals surface area (Å²) in [6.45, 7) is 5.87. The molecule has 0 spiro atoms. The first-order valence-electron chi connectivity index (χ1n) is 12.1. The van der Waals surface area contributed by atoms with Gasteiger partial charge in [-0.2, -0.15) is 18.3 Å². The molecule has 38 heavy (non-hydrogen) atoms. The summed E-state index contributed by atoms with van der Waals surface area (Å²) in [6, 6.07) is 4.61. The molecule has 1 atom stereocenters. The van der Waals surface area contributed by atoms with E-state index in [1.807, 2.05) is 18.4 Å². The summed E-state index contributed by atoms with van der Waals surface area (Å²) in [5, 5.41) is 3.69. The van der Waals surface area contributed by atoms with Crippen molar-refractivity contribution in [2.24, 2.45) is 7.05 Å². The van der Waals surface area contributed by atoms with Crippen LogP contribution < -0.4 is 0 Å². The molecule has 11 heteroatoms. The molecule has 7 nitrogen and oxygen atoms in total. The number of rotatable bonds is 5. The van der Waals surface area contributed by atoms with Gasteiger partial charge in [-0.05, 0) is 67.6 Å². The van der Waals surface area contributed by atoms with Gasteiger partial charge in [0.25, 0.3) is 5.91 Å². The van der Waals surface area contributed by atoms with Crippen molar-refractivity contribution >= 4 is 5.91 Å². The van der Waals surface area contributed by atoms with E-state index >= 15 is 0 Å². The average Bonchev–Trinajstić information content (AvgIpc) is 3.45. The van der Waals surface area contributed by atoms with Crippen LogP contribution in [0.2, 0.25) is 0 Å². The quantitative estimate of drug-likeness (QED) is 0.333. The third-order valence-corrected chi connectivity index (χ3v) is 7.03. The lowest BCUT2D eigenvalue weighted by Gasteiger charge is -2.34. The molecule has 0 unspecified atom stereocenters. The smallest absolute Gasteiger partial charge is 0.331 e. The summed E-state index contributed by atoms with van der Waals surface area (Å²) in [5.41, 5.74) is 1.79. The third kappa shape index (κ3) is 4.57. The predicted octanol–water partition coefficient (Wildman–Crippen LogP) is 5.26. The number of hydrogen-bond donors (Lipinski definition) is 0. The number of pyridine rings is 1. The van der Waals surface area contributed by atoms with Gasteiger partial charge in [-0.25, -0.2) is 9.37 Å². The van der Waals surface area contributed by atoms with Crippen LogP contribution in [0, 0.1) is 19.7 Å². The Hall–Kier alpha value is -4.02. The molecule has 0 N–H and O–H groups in total. The van der Waals surface area contributed by atoms with Gasteiger partial charge in [-0.3, -0.25) is 14.5 Å². The average molecular weight is 527 g/mol. The largest absolute Gasteiger partial charge is 0.435 e. The number of nitrogens with zero attached hydrogens (tertiary/aromatic N) is 6. The lowest BCUT2D eigenvalue weighted by molar-refractivity contribution is -0.140. The van der Waals surface area contributed by atoms with E-state index < -0.39 is 23.7 Å². The number of aromatic nitrogens is 5. The number of carbonyl (C=O) groups excluding carboxylic acids is 1. The van der Waals surface area contributed by atoms with Crippen molar-refractivity contribution in [1.82, 2.24) is 29.2 Å². The molecule has 1 amide bonds. The van der Waals surface area contributed by atoms with Crippen LogP contribution in [-0.4, -0.2) is 41.7 Å². The number of imidazole rings is 1. The third-order valence-electron chi connectivity index (χ3n) is 7.03. The highest BCUT2D eigenvalue weighted by Crippen LogP contribution is 2.40. The van der Waals surface area contributed by atoms with Crippen LogP contribution in [0.1, 0.15) is 57.2 Å². The fraction of sp³-hybridized carbons (Fsp3) is 0.333. The monoisotopic (exact) mass is 526 g/mol. The van der Waals surface area contributed by atoms with Crippen LogP contribution >= 0.6 is 0 Å². The maximum Gasteiger partial charge on any atom is 0.435 e. The molecule has 5 rings (SSSR count). The van der Waals surface area contributed by atoms with E-state index in [4.69, 9.17) is 0 Å². The summed E-state index contributed by atoms with van der Waals surface area (Å²) < 4.78 is 58.6. The lowest BCUT2D eigenvalue weighted by atomic mass is 9.87. The Balaban J connectivity index is 1.63. The van der Waals surface area contributed by atoms with Crippen LogP contribution in [0.15, 0.2) is 43.0 Å². The van der Waals surface area contributed by atoms with Crippen molar-refractivity contribution < 1.29 is 22.4 Å². The Morgan fingerprint density at radius 3 is 2.47 bits per heavy atom. The number of benzene rings is 1. The van der Waals surface area contributed by atoms with Gasteiger partial charge in [0.2, 0.25) is 0 Å². The molecule has 4 heterocycles. The zero-order chi connectivity index (χ0) is 27.4. The number of hydrogen-bond acceptors (Lipinski definition) is 4. The number of carbonyl (C=O) groups is 1. The van der Waals surface area contributed by atoms with Crippen molar-refractivity contribution in [1.29, 1.82) is 0 Å². The zero-order valence-electron chi connectivity index (χ0n) is 21.3. The SMILES string of the molecule is Cc1cc([C@H](C)N2CCc3c(cc(Cn4ccnc4C)cc3-c3cn(C)nc3C(F)(F)F)C2=O)ncc1F. The van der Waals surface area contributed by atoms with Gasteiger partial charge >= 0.3 is 6.18 Å². The number of aryl methyl sites for hydroxylation is 3. The molecule has 4 aromatic rings. The summed E-state index contributed by atoms with van der Waals surface area (Å²) in [6.07, 6.45) is 1.58. The fourth-order valence-corrected chi connectivity index (χ4v) is 4.99. The van der Waals surface area contributed by atoms with E-state index in [0.29, 0.717) is 46.5 Å². The molecule has 0 aliphatic carbocycles. The number of fused-ring (bicyclic) bond motifs is 1. The molecule has 0 fully saturated rings. The van der Waals surface area contributed by atoms with Crippen molar-refractivity contribution in [2.75, 3.05) is 6.54 Å². The minimum atomic E-state index is -4.66. The van der Waals surface area contributed by atoms with Crippen molar-refractivity contribution in [3.05, 3.63) is 88.3 Å². The van der Waals surface area contributed by atoms with Gasteiger partial charge in [0, 0.05) is 49.9 Å². The zero-order valence-corrected chi connectivity index (χ0v) is 21.3. The highest BCUT2D eigenvalue weighted by Gasteiger charge is 2.39. The molecule has 0 saturated heterocycles. The Morgan fingerprint density at radius 2 is 1.82 bits per heavy atom. The molecule has 0 saturated carbocycles. The predicted molar refractivity (Wildman–Crippen MR) is 132 cm³/mol. The second-order valence-corrected chi connectivity index (χ2v) is 9.62. The van der Waals surface area contributed by atoms with Crippen molar-refractivity contribution in [3.8, 4) is 11.1 Å². The van der Waals surface area contributed by atoms with Crippen molar-refractivity contribution in [2.45, 2.75) is 46.0 Å². The molecular formula is C27H26F4N6O. The minimum absolute atomic E-state index is 0.0643. The highest BCUT2D eigenvalue weighted by atomic mass is 19.4. The summed E-state index contributed by atoms with van der Waals surface area (Å²) >= 11 is 0. The second-order valence-electron chi connectivity index (χ2n) is 9.62. The molecule has 0 bridgehead atoms. The summed E-state index contributed by atoms with van der Waals surface area (Å²) in [7, 11) is 1.44. The molecule has 1 aromatic carbocycles. The molecule has 1 aliphatic heterocycles. The Bertz CT molecular complexity index is 1540. The molecule has 1 aliphatic rings. The second kappa shape index (κ2) is 9.38. The molecular weight excluding hydrogens is 500 g/mol. The van der Waals surface area contributed by atoms with E-state index in [1.165, 1.54) is 13.2 Å². The standard InChI is InChI=1S/C27H26F4N6O/c1-15-9-24(33-12-23(15)28)16(2)37-7-5-19-20(22-14-35(4)34-25(22)27(29,30)31)10-18(11-21(19)26(37)38)13-36-8-6-32-17(36)3/h6,8-12,14,16H,5,7,13H2,1-4H3/t16-/m0/s1. The lowest BCUT2D eigenvalue weighted by Crippen LogP contribution is -2.40. The first-order valence-corrected chi connectivity index (χ1v) is 12.1. The summed E-state index contributed by atoms with van der Waals surface area (Å²) in [4.78, 5) is 23.9. The van der Waals surface area contributed by atoms with E-state index in [-0.39, 0.29) is 18.0 Å². The van der Waals surface area contributed by atoms with Gasteiger partial charge in [0.15, 0.2) is 5.69 Å². The van der Waals surface area contributed by atoms with E-state index in [2.05, 4.69) is 15.1 Å². The highest BCUT2D eigenvalue weighted by molar-refractivity contribution is 5.99. The van der Waals surface area contributed by atoms with Crippen molar-refractivity contribution in [3.63, 3.8) is 0 Å². The van der Waals surface area contributed by atoms with Gasteiger partial charge < -0.3 is 9.47 Å². The Kier molecular flexibility index (Phi) is 6.32. The Morgan fingerprint density at radius 1 is 1.08 bits per heavy atom. The van der Waals surface area contributed by atoms with Gasteiger partial charge in [0.1, 0.15) is 11.6 Å². The van der Waals surface area contributed by atoms with E-state index in [1.54, 1.807) is 42.4 Å². The number of amides is 1. The van der Waals surface area contributed by atoms with Gasteiger partial charge in [-0.1, -0.05) is 0 Å². The van der Waals surface area contributed by atoms with Gasteiger partial charge in [0.05, 0.1) is 17.9 Å². The first kappa shape index (κ1) is 25.6. The number of halogens is 4. The molecule has 0 radical (unpaired) electrons. The minimum Gasteiger partial charge on any atom is -0.331 e. The normalized spacial score (nSPS) is 14.6. The van der Waals surface area contributed by atoms with Crippen LogP contribution in [0.3, 0.4) is 0 Å². The van der Waals surface area contributed by atoms with Crippen LogP contribution in [0.5, 0.6) is 0 Å². The maximum atomic E-state index is 13.9. The molecule has 3 aromatic heterocycles. The van der Waals surface area contributed by atoms with E-state index in [0.717, 1.165) is 16.7 Å². The van der Waals surface area contributed by atoms with Gasteiger partial charge in [-0.15, -0.1) is 0 Å². The molecule has 198 valence electrons. The Labute approximate surface area is 216 Å². The number of alkyl halides is 3. The topological polar surface area (TPSA) is 68.8 Å². The van der Waals surface area contributed by atoms with Crippen LogP contribution in [0.4, 0.5) is 17.6 Å². The van der Waals surface area contributed by atoms with E-state index in [9.17, 15) is 22.4 Å². The summed E-state index contributed by atoms with van der Waals surface area (Å²) in [5.74, 6) is -0.0105. The van der Waals surface area contributed by atoms with Crippen LogP contribution in [0.25, 0.3) is 11.1 Å². The first-order chi connectivity index (χ1) is 17.9. The maximum absolute atomic E-state index is 13.9. The fourth-order valence-electron chi connectivity index (χ4n) is 4.99. The van der Waals surface area contributed by atoms with Crippen LogP contribution in [-0.2, 0) is 26.2 Å².